The Morgan fingerprint density at radius 3 is 2.86 bits per heavy atom. The Bertz CT molecular complexity index is 452. The van der Waals surface area contributed by atoms with Crippen molar-refractivity contribution >= 4 is 0 Å². The van der Waals surface area contributed by atoms with Crippen molar-refractivity contribution < 1.29 is 0 Å². The maximum Gasteiger partial charge on any atom is 0.137 e. The van der Waals surface area contributed by atoms with Gasteiger partial charge in [-0.3, -0.25) is 4.98 Å². The fourth-order valence-electron chi connectivity index (χ4n) is 1.22. The quantitative estimate of drug-likeness (QED) is 0.676. The van der Waals surface area contributed by atoms with E-state index in [0.29, 0.717) is 5.82 Å². The van der Waals surface area contributed by atoms with Gasteiger partial charge in [-0.05, 0) is 31.5 Å². The first-order chi connectivity index (χ1) is 6.77. The summed E-state index contributed by atoms with van der Waals surface area (Å²) in [5.74, 6) is 0.696. The SMILES string of the molecule is Cc1nc#cc(-c2cnccc2C)n1. The number of rotatable bonds is 1. The van der Waals surface area contributed by atoms with Gasteiger partial charge in [-0.15, -0.1) is 0 Å². The summed E-state index contributed by atoms with van der Waals surface area (Å²) in [6.45, 7) is 3.85. The van der Waals surface area contributed by atoms with Gasteiger partial charge in [0.25, 0.3) is 0 Å². The lowest BCUT2D eigenvalue weighted by Gasteiger charge is -2.00. The molecule has 2 aromatic rings. The van der Waals surface area contributed by atoms with E-state index in [1.807, 2.05) is 19.9 Å². The van der Waals surface area contributed by atoms with Crippen molar-refractivity contribution in [3.63, 3.8) is 0 Å². The second-order valence-corrected chi connectivity index (χ2v) is 3.05. The summed E-state index contributed by atoms with van der Waals surface area (Å²) >= 11 is 0. The van der Waals surface area contributed by atoms with Gasteiger partial charge in [0.05, 0.1) is 0 Å². The molecule has 0 amide bonds. The lowest BCUT2D eigenvalue weighted by atomic mass is 10.1. The maximum absolute atomic E-state index is 4.27. The van der Waals surface area contributed by atoms with Crippen LogP contribution in [-0.2, 0) is 0 Å². The lowest BCUT2D eigenvalue weighted by molar-refractivity contribution is 1.06. The molecule has 0 fully saturated rings. The second-order valence-electron chi connectivity index (χ2n) is 3.05. The van der Waals surface area contributed by atoms with Crippen LogP contribution < -0.4 is 0 Å². The van der Waals surface area contributed by atoms with E-state index >= 15 is 0 Å². The van der Waals surface area contributed by atoms with Gasteiger partial charge in [0.15, 0.2) is 0 Å². The number of hydrogen-bond donors (Lipinski definition) is 0. The Kier molecular flexibility index (Phi) is 2.11. The molecule has 0 atom stereocenters. The molecule has 68 valence electrons. The van der Waals surface area contributed by atoms with E-state index in [4.69, 9.17) is 0 Å². The van der Waals surface area contributed by atoms with E-state index in [1.165, 1.54) is 0 Å². The molecule has 0 aliphatic rings. The van der Waals surface area contributed by atoms with Gasteiger partial charge in [0.1, 0.15) is 11.5 Å². The average Bonchev–Trinajstić information content (AvgIpc) is 2.18. The first kappa shape index (κ1) is 8.64. The van der Waals surface area contributed by atoms with Crippen LogP contribution in [0.2, 0.25) is 0 Å². The minimum absolute atomic E-state index is 0.696. The Labute approximate surface area is 82.9 Å². The van der Waals surface area contributed by atoms with Crippen molar-refractivity contribution in [1.82, 2.24) is 15.0 Å². The summed E-state index contributed by atoms with van der Waals surface area (Å²) < 4.78 is 0. The highest BCUT2D eigenvalue weighted by Gasteiger charge is 2.02. The molecule has 0 aliphatic carbocycles. The fraction of sp³-hybridized carbons (Fsp3) is 0.182. The first-order valence-electron chi connectivity index (χ1n) is 4.32. The summed E-state index contributed by atoms with van der Waals surface area (Å²) in [7, 11) is 0. The van der Waals surface area contributed by atoms with E-state index in [9.17, 15) is 0 Å². The molecular weight excluding hydrogens is 174 g/mol. The van der Waals surface area contributed by atoms with Crippen molar-refractivity contribution in [2.75, 3.05) is 0 Å². The molecule has 14 heavy (non-hydrogen) atoms. The van der Waals surface area contributed by atoms with Crippen LogP contribution in [0, 0.1) is 26.1 Å². The van der Waals surface area contributed by atoms with E-state index in [0.717, 1.165) is 16.8 Å². The second kappa shape index (κ2) is 3.43. The van der Waals surface area contributed by atoms with Crippen LogP contribution in [0.5, 0.6) is 0 Å². The molecule has 3 nitrogen and oxygen atoms in total. The molecule has 3 heteroatoms. The Morgan fingerprint density at radius 2 is 2.14 bits per heavy atom. The van der Waals surface area contributed by atoms with E-state index in [-0.39, 0.29) is 0 Å². The Morgan fingerprint density at radius 1 is 1.29 bits per heavy atom. The highest BCUT2D eigenvalue weighted by molar-refractivity contribution is 5.60. The molecule has 0 aliphatic heterocycles. The van der Waals surface area contributed by atoms with E-state index in [2.05, 4.69) is 27.2 Å². The van der Waals surface area contributed by atoms with Crippen LogP contribution in [0.3, 0.4) is 0 Å². The summed E-state index contributed by atoms with van der Waals surface area (Å²) in [5.41, 5.74) is 2.86. The van der Waals surface area contributed by atoms with Crippen molar-refractivity contribution in [1.29, 1.82) is 0 Å². The molecule has 0 N–H and O–H groups in total. The monoisotopic (exact) mass is 183 g/mol. The van der Waals surface area contributed by atoms with Crippen LogP contribution in [0.1, 0.15) is 11.4 Å². The van der Waals surface area contributed by atoms with Gasteiger partial charge in [0, 0.05) is 24.2 Å². The summed E-state index contributed by atoms with van der Waals surface area (Å²) in [6.07, 6.45) is 6.23. The van der Waals surface area contributed by atoms with Gasteiger partial charge in [-0.2, -0.15) is 4.98 Å². The number of nitrogens with zero attached hydrogens (tertiary/aromatic N) is 3. The highest BCUT2D eigenvalue weighted by atomic mass is 14.9. The largest absolute Gasteiger partial charge is 0.264 e. The predicted octanol–water partition coefficient (Wildman–Crippen LogP) is 1.76. The van der Waals surface area contributed by atoms with Crippen molar-refractivity contribution in [2.45, 2.75) is 13.8 Å². The van der Waals surface area contributed by atoms with Gasteiger partial charge in [0.2, 0.25) is 0 Å². The van der Waals surface area contributed by atoms with Crippen LogP contribution in [0.25, 0.3) is 11.3 Å². The molecule has 0 aromatic carbocycles. The molecule has 2 rings (SSSR count). The number of hydrogen-bond acceptors (Lipinski definition) is 3. The Hall–Kier alpha value is -1.95. The third kappa shape index (κ3) is 1.55. The number of aryl methyl sites for hydroxylation is 2. The first-order valence-corrected chi connectivity index (χ1v) is 4.32. The molecule has 0 saturated carbocycles. The van der Waals surface area contributed by atoms with Crippen LogP contribution >= 0.6 is 0 Å². The van der Waals surface area contributed by atoms with Crippen LogP contribution in [0.15, 0.2) is 18.5 Å². The molecule has 0 unspecified atom stereocenters. The molecule has 0 saturated heterocycles. The molecular formula is C11H9N3. The average molecular weight is 183 g/mol. The fourth-order valence-corrected chi connectivity index (χ4v) is 1.22. The van der Waals surface area contributed by atoms with Gasteiger partial charge in [-0.1, -0.05) is 0 Å². The number of pyridine rings is 1. The van der Waals surface area contributed by atoms with Crippen molar-refractivity contribution in [3.05, 3.63) is 42.1 Å². The molecule has 0 bridgehead atoms. The third-order valence-electron chi connectivity index (χ3n) is 1.96. The standard InChI is InChI=1S/C11H9N3/c1-8-3-5-12-7-10(8)11-4-6-13-9(2)14-11/h3,5,7H,1-2H3. The number of aromatic nitrogens is 3. The zero-order chi connectivity index (χ0) is 9.97. The predicted molar refractivity (Wildman–Crippen MR) is 52.4 cm³/mol. The normalized spacial score (nSPS) is 9.57. The smallest absolute Gasteiger partial charge is 0.137 e. The van der Waals surface area contributed by atoms with Gasteiger partial charge < -0.3 is 0 Å². The Balaban J connectivity index is 2.55. The zero-order valence-electron chi connectivity index (χ0n) is 8.07. The minimum atomic E-state index is 0.696. The van der Waals surface area contributed by atoms with Crippen molar-refractivity contribution in [2.24, 2.45) is 0 Å². The van der Waals surface area contributed by atoms with Gasteiger partial charge >= 0.3 is 0 Å². The molecule has 0 spiro atoms. The summed E-state index contributed by atoms with van der Waals surface area (Å²) in [4.78, 5) is 12.2. The van der Waals surface area contributed by atoms with E-state index in [1.54, 1.807) is 12.4 Å². The van der Waals surface area contributed by atoms with Crippen LogP contribution in [0.4, 0.5) is 0 Å². The molecule has 0 radical (unpaired) electrons. The molecule has 2 aromatic heterocycles. The van der Waals surface area contributed by atoms with Crippen LogP contribution in [-0.4, -0.2) is 15.0 Å². The summed E-state index contributed by atoms with van der Waals surface area (Å²) in [5, 5.41) is 0. The maximum atomic E-state index is 4.27. The summed E-state index contributed by atoms with van der Waals surface area (Å²) in [6, 6.07) is 4.82. The zero-order valence-corrected chi connectivity index (χ0v) is 8.07. The third-order valence-corrected chi connectivity index (χ3v) is 1.96. The lowest BCUT2D eigenvalue weighted by Crippen LogP contribution is -1.90. The van der Waals surface area contributed by atoms with E-state index < -0.39 is 0 Å². The minimum Gasteiger partial charge on any atom is -0.264 e. The van der Waals surface area contributed by atoms with Crippen molar-refractivity contribution in [3.8, 4) is 11.3 Å². The molecule has 2 heterocycles. The van der Waals surface area contributed by atoms with Gasteiger partial charge in [-0.25, -0.2) is 4.98 Å². The topological polar surface area (TPSA) is 38.7 Å². The highest BCUT2D eigenvalue weighted by Crippen LogP contribution is 2.17.